The Kier molecular flexibility index (Phi) is 5.21. The summed E-state index contributed by atoms with van der Waals surface area (Å²) in [5.74, 6) is -0.354. The predicted molar refractivity (Wildman–Crippen MR) is 119 cm³/mol. The van der Waals surface area contributed by atoms with Gasteiger partial charge in [-0.3, -0.25) is 14.2 Å². The Hall–Kier alpha value is -2.97. The zero-order chi connectivity index (χ0) is 20.5. The van der Waals surface area contributed by atoms with E-state index in [4.69, 9.17) is 0 Å². The van der Waals surface area contributed by atoms with Crippen molar-refractivity contribution in [3.63, 3.8) is 0 Å². The fourth-order valence-corrected chi connectivity index (χ4v) is 4.37. The lowest BCUT2D eigenvalue weighted by Gasteiger charge is -2.13. The minimum Gasteiger partial charge on any atom is -0.324 e. The Morgan fingerprint density at radius 3 is 2.66 bits per heavy atom. The Morgan fingerprint density at radius 2 is 1.90 bits per heavy atom. The van der Waals surface area contributed by atoms with Crippen LogP contribution in [-0.4, -0.2) is 15.0 Å². The van der Waals surface area contributed by atoms with Gasteiger partial charge in [-0.25, -0.2) is 9.36 Å². The number of halogens is 1. The SMILES string of the molecule is Cc1cccc(-n2c(=O)c3sccc3n(CC(=O)Nc3cccc(Br)c3)c2=O)c1. The second kappa shape index (κ2) is 7.81. The summed E-state index contributed by atoms with van der Waals surface area (Å²) in [7, 11) is 0. The number of nitrogens with zero attached hydrogens (tertiary/aromatic N) is 2. The predicted octanol–water partition coefficient (Wildman–Crippen LogP) is 3.92. The first-order chi connectivity index (χ1) is 13.9. The third kappa shape index (κ3) is 3.81. The van der Waals surface area contributed by atoms with E-state index in [1.807, 2.05) is 19.1 Å². The second-order valence-electron chi connectivity index (χ2n) is 6.54. The molecule has 0 unspecified atom stereocenters. The molecule has 0 atom stereocenters. The molecule has 2 heterocycles. The van der Waals surface area contributed by atoms with Crippen molar-refractivity contribution in [1.82, 2.24) is 9.13 Å². The van der Waals surface area contributed by atoms with Crippen LogP contribution in [0.1, 0.15) is 5.56 Å². The Balaban J connectivity index is 1.80. The van der Waals surface area contributed by atoms with Gasteiger partial charge in [0, 0.05) is 10.2 Å². The molecule has 8 heteroatoms. The zero-order valence-electron chi connectivity index (χ0n) is 15.4. The van der Waals surface area contributed by atoms with Crippen LogP contribution in [0, 0.1) is 6.92 Å². The first kappa shape index (κ1) is 19.4. The molecular formula is C21H16BrN3O3S. The summed E-state index contributed by atoms with van der Waals surface area (Å²) < 4.78 is 3.73. The van der Waals surface area contributed by atoms with E-state index >= 15 is 0 Å². The number of hydrogen-bond donors (Lipinski definition) is 1. The normalized spacial score (nSPS) is 11.0. The van der Waals surface area contributed by atoms with Crippen molar-refractivity contribution in [2.24, 2.45) is 0 Å². The highest BCUT2D eigenvalue weighted by Crippen LogP contribution is 2.18. The number of carbonyl (C=O) groups is 1. The fourth-order valence-electron chi connectivity index (χ4n) is 3.15. The molecule has 146 valence electrons. The Morgan fingerprint density at radius 1 is 1.10 bits per heavy atom. The molecule has 2 aromatic carbocycles. The lowest BCUT2D eigenvalue weighted by atomic mass is 10.2. The lowest BCUT2D eigenvalue weighted by Crippen LogP contribution is -2.40. The largest absolute Gasteiger partial charge is 0.336 e. The van der Waals surface area contributed by atoms with Crippen molar-refractivity contribution in [2.75, 3.05) is 5.32 Å². The van der Waals surface area contributed by atoms with Crippen molar-refractivity contribution in [1.29, 1.82) is 0 Å². The summed E-state index contributed by atoms with van der Waals surface area (Å²) in [6.07, 6.45) is 0. The molecular weight excluding hydrogens is 454 g/mol. The molecule has 4 rings (SSSR count). The van der Waals surface area contributed by atoms with Gasteiger partial charge < -0.3 is 5.32 Å². The number of carbonyl (C=O) groups excluding carboxylic acids is 1. The number of anilines is 1. The third-order valence-corrected chi connectivity index (χ3v) is 5.81. The molecule has 0 radical (unpaired) electrons. The molecule has 0 aliphatic rings. The molecule has 0 spiro atoms. The summed E-state index contributed by atoms with van der Waals surface area (Å²) in [4.78, 5) is 38.8. The average Bonchev–Trinajstić information content (AvgIpc) is 3.15. The number of aromatic nitrogens is 2. The van der Waals surface area contributed by atoms with Crippen LogP contribution in [-0.2, 0) is 11.3 Å². The van der Waals surface area contributed by atoms with E-state index in [9.17, 15) is 14.4 Å². The molecule has 0 aliphatic carbocycles. The minimum atomic E-state index is -0.545. The molecule has 4 aromatic rings. The maximum atomic E-state index is 13.2. The lowest BCUT2D eigenvalue weighted by molar-refractivity contribution is -0.116. The van der Waals surface area contributed by atoms with E-state index in [1.54, 1.807) is 47.8 Å². The van der Waals surface area contributed by atoms with E-state index < -0.39 is 5.69 Å². The molecule has 0 bridgehead atoms. The van der Waals surface area contributed by atoms with Crippen molar-refractivity contribution < 1.29 is 4.79 Å². The number of thiophene rings is 1. The molecule has 29 heavy (non-hydrogen) atoms. The highest BCUT2D eigenvalue weighted by molar-refractivity contribution is 9.10. The van der Waals surface area contributed by atoms with E-state index in [-0.39, 0.29) is 18.0 Å². The minimum absolute atomic E-state index is 0.204. The van der Waals surface area contributed by atoms with E-state index in [0.29, 0.717) is 21.6 Å². The van der Waals surface area contributed by atoms with Crippen molar-refractivity contribution in [3.8, 4) is 5.69 Å². The molecule has 2 aromatic heterocycles. The Labute approximate surface area is 178 Å². The summed E-state index contributed by atoms with van der Waals surface area (Å²) in [6, 6.07) is 16.0. The van der Waals surface area contributed by atoms with Gasteiger partial charge in [-0.15, -0.1) is 11.3 Å². The van der Waals surface area contributed by atoms with E-state index in [1.165, 1.54) is 15.9 Å². The van der Waals surface area contributed by atoms with Gasteiger partial charge in [0.25, 0.3) is 5.56 Å². The smallest absolute Gasteiger partial charge is 0.324 e. The third-order valence-electron chi connectivity index (χ3n) is 4.42. The number of aryl methyl sites for hydroxylation is 1. The van der Waals surface area contributed by atoms with Gasteiger partial charge in [0.1, 0.15) is 11.2 Å². The molecule has 0 saturated heterocycles. The van der Waals surface area contributed by atoms with Gasteiger partial charge in [-0.05, 0) is 54.3 Å². The van der Waals surface area contributed by atoms with Crippen LogP contribution in [0.3, 0.4) is 0 Å². The van der Waals surface area contributed by atoms with E-state index in [0.717, 1.165) is 14.6 Å². The van der Waals surface area contributed by atoms with Crippen LogP contribution in [0.4, 0.5) is 5.69 Å². The molecule has 0 fully saturated rings. The van der Waals surface area contributed by atoms with E-state index in [2.05, 4.69) is 21.2 Å². The number of amides is 1. The van der Waals surface area contributed by atoms with Crippen LogP contribution in [0.15, 0.2) is 74.0 Å². The fraction of sp³-hybridized carbons (Fsp3) is 0.0952. The quantitative estimate of drug-likeness (QED) is 0.492. The van der Waals surface area contributed by atoms with Crippen molar-refractivity contribution in [3.05, 3.63) is 90.9 Å². The molecule has 1 N–H and O–H groups in total. The highest BCUT2D eigenvalue weighted by atomic mass is 79.9. The van der Waals surface area contributed by atoms with Crippen LogP contribution in [0.5, 0.6) is 0 Å². The number of nitrogens with one attached hydrogen (secondary N) is 1. The summed E-state index contributed by atoms with van der Waals surface area (Å²) >= 11 is 4.62. The second-order valence-corrected chi connectivity index (χ2v) is 8.37. The van der Waals surface area contributed by atoms with Gasteiger partial charge in [-0.2, -0.15) is 0 Å². The number of hydrogen-bond acceptors (Lipinski definition) is 4. The van der Waals surface area contributed by atoms with Gasteiger partial charge in [0.15, 0.2) is 0 Å². The highest BCUT2D eigenvalue weighted by Gasteiger charge is 2.17. The maximum absolute atomic E-state index is 13.2. The topological polar surface area (TPSA) is 73.1 Å². The first-order valence-corrected chi connectivity index (χ1v) is 10.5. The number of fused-ring (bicyclic) bond motifs is 1. The first-order valence-electron chi connectivity index (χ1n) is 8.79. The molecule has 1 amide bonds. The van der Waals surface area contributed by atoms with Gasteiger partial charge >= 0.3 is 5.69 Å². The maximum Gasteiger partial charge on any atom is 0.336 e. The average molecular weight is 470 g/mol. The summed E-state index contributed by atoms with van der Waals surface area (Å²) in [6.45, 7) is 1.69. The summed E-state index contributed by atoms with van der Waals surface area (Å²) in [5, 5.41) is 4.53. The molecule has 0 saturated carbocycles. The van der Waals surface area contributed by atoms with Crippen LogP contribution >= 0.6 is 27.3 Å². The van der Waals surface area contributed by atoms with Gasteiger partial charge in [0.05, 0.1) is 11.2 Å². The van der Waals surface area contributed by atoms with Crippen LogP contribution in [0.2, 0.25) is 0 Å². The van der Waals surface area contributed by atoms with Crippen molar-refractivity contribution >= 4 is 49.1 Å². The molecule has 6 nitrogen and oxygen atoms in total. The Bertz CT molecular complexity index is 1350. The zero-order valence-corrected chi connectivity index (χ0v) is 17.8. The number of rotatable bonds is 4. The van der Waals surface area contributed by atoms with Gasteiger partial charge in [-0.1, -0.05) is 34.1 Å². The van der Waals surface area contributed by atoms with Gasteiger partial charge in [0.2, 0.25) is 5.91 Å². The number of benzene rings is 2. The van der Waals surface area contributed by atoms with Crippen LogP contribution in [0.25, 0.3) is 15.9 Å². The monoisotopic (exact) mass is 469 g/mol. The summed E-state index contributed by atoms with van der Waals surface area (Å²) in [5.41, 5.74) is 1.56. The van der Waals surface area contributed by atoms with Crippen molar-refractivity contribution in [2.45, 2.75) is 13.5 Å². The van der Waals surface area contributed by atoms with Crippen LogP contribution < -0.4 is 16.6 Å². The standard InChI is InChI=1S/C21H16BrN3O3S/c1-13-4-2-7-16(10-13)25-20(27)19-17(8-9-29-19)24(21(25)28)12-18(26)23-15-6-3-5-14(22)11-15/h2-11H,12H2,1H3,(H,23,26). The molecule has 0 aliphatic heterocycles.